The van der Waals surface area contributed by atoms with E-state index in [0.717, 1.165) is 11.4 Å². The zero-order chi connectivity index (χ0) is 10.6. The molecule has 3 N–H and O–H groups in total. The number of benzene rings is 1. The van der Waals surface area contributed by atoms with E-state index in [4.69, 9.17) is 5.73 Å². The highest BCUT2D eigenvalue weighted by molar-refractivity contribution is 5.51. The van der Waals surface area contributed by atoms with Gasteiger partial charge in [-0.15, -0.1) is 0 Å². The van der Waals surface area contributed by atoms with E-state index in [0.29, 0.717) is 13.0 Å². The molecule has 0 saturated carbocycles. The van der Waals surface area contributed by atoms with Gasteiger partial charge < -0.3 is 11.1 Å². The van der Waals surface area contributed by atoms with Gasteiger partial charge in [0, 0.05) is 17.9 Å². The van der Waals surface area contributed by atoms with Gasteiger partial charge in [-0.05, 0) is 44.5 Å². The van der Waals surface area contributed by atoms with Crippen molar-refractivity contribution in [3.63, 3.8) is 0 Å². The second-order valence-corrected chi connectivity index (χ2v) is 4.02. The van der Waals surface area contributed by atoms with Crippen LogP contribution in [0.3, 0.4) is 0 Å². The first-order valence-corrected chi connectivity index (χ1v) is 4.76. The van der Waals surface area contributed by atoms with Crippen molar-refractivity contribution < 1.29 is 4.39 Å². The molecule has 0 heterocycles. The second kappa shape index (κ2) is 4.31. The Hall–Kier alpha value is -1.25. The van der Waals surface area contributed by atoms with E-state index in [1.807, 2.05) is 24.3 Å². The normalized spacial score (nSPS) is 11.4. The fourth-order valence-electron chi connectivity index (χ4n) is 1.11. The SMILES string of the molecule is CC(C)(F)CCNc1ccc(N)cc1. The van der Waals surface area contributed by atoms with Crippen molar-refractivity contribution in [2.45, 2.75) is 25.9 Å². The highest BCUT2D eigenvalue weighted by Crippen LogP contribution is 2.15. The summed E-state index contributed by atoms with van der Waals surface area (Å²) in [6.45, 7) is 3.79. The molecule has 0 atom stereocenters. The summed E-state index contributed by atoms with van der Waals surface area (Å²) >= 11 is 0. The molecule has 14 heavy (non-hydrogen) atoms. The van der Waals surface area contributed by atoms with E-state index in [2.05, 4.69) is 5.32 Å². The van der Waals surface area contributed by atoms with Crippen LogP contribution in [0.5, 0.6) is 0 Å². The summed E-state index contributed by atoms with van der Waals surface area (Å²) in [5.74, 6) is 0. The van der Waals surface area contributed by atoms with Crippen LogP contribution in [0.4, 0.5) is 15.8 Å². The minimum Gasteiger partial charge on any atom is -0.399 e. The smallest absolute Gasteiger partial charge is 0.107 e. The number of nitrogen functional groups attached to an aromatic ring is 1. The maximum atomic E-state index is 13.1. The van der Waals surface area contributed by atoms with Crippen LogP contribution < -0.4 is 11.1 Å². The third kappa shape index (κ3) is 4.12. The van der Waals surface area contributed by atoms with Crippen LogP contribution in [0.25, 0.3) is 0 Å². The van der Waals surface area contributed by atoms with Crippen LogP contribution in [-0.4, -0.2) is 12.2 Å². The Morgan fingerprint density at radius 3 is 2.36 bits per heavy atom. The standard InChI is InChI=1S/C11H17FN2/c1-11(2,12)7-8-14-10-5-3-9(13)4-6-10/h3-6,14H,7-8,13H2,1-2H3. The summed E-state index contributed by atoms with van der Waals surface area (Å²) < 4.78 is 13.1. The van der Waals surface area contributed by atoms with Crippen LogP contribution in [0.1, 0.15) is 20.3 Å². The number of anilines is 2. The van der Waals surface area contributed by atoms with Gasteiger partial charge in [0.1, 0.15) is 5.67 Å². The molecule has 3 heteroatoms. The molecule has 0 unspecified atom stereocenters. The molecule has 0 saturated heterocycles. The number of rotatable bonds is 4. The van der Waals surface area contributed by atoms with Gasteiger partial charge in [-0.2, -0.15) is 0 Å². The summed E-state index contributed by atoms with van der Waals surface area (Å²) in [6, 6.07) is 7.42. The summed E-state index contributed by atoms with van der Waals surface area (Å²) in [4.78, 5) is 0. The van der Waals surface area contributed by atoms with E-state index in [9.17, 15) is 4.39 Å². The van der Waals surface area contributed by atoms with Gasteiger partial charge in [0.05, 0.1) is 0 Å². The maximum absolute atomic E-state index is 13.1. The predicted octanol–water partition coefficient (Wildman–Crippen LogP) is 2.82. The van der Waals surface area contributed by atoms with E-state index < -0.39 is 5.67 Å². The fraction of sp³-hybridized carbons (Fsp3) is 0.455. The number of nitrogens with one attached hydrogen (secondary N) is 1. The predicted molar refractivity (Wildman–Crippen MR) is 59.1 cm³/mol. The van der Waals surface area contributed by atoms with E-state index in [1.54, 1.807) is 13.8 Å². The Balaban J connectivity index is 2.35. The van der Waals surface area contributed by atoms with Gasteiger partial charge in [0.25, 0.3) is 0 Å². The van der Waals surface area contributed by atoms with Gasteiger partial charge in [0.15, 0.2) is 0 Å². The number of hydrogen-bond acceptors (Lipinski definition) is 2. The van der Waals surface area contributed by atoms with Crippen LogP contribution in [-0.2, 0) is 0 Å². The molecule has 0 fully saturated rings. The lowest BCUT2D eigenvalue weighted by Gasteiger charge is -2.14. The zero-order valence-corrected chi connectivity index (χ0v) is 8.68. The lowest BCUT2D eigenvalue weighted by molar-refractivity contribution is 0.207. The fourth-order valence-corrected chi connectivity index (χ4v) is 1.11. The van der Waals surface area contributed by atoms with Gasteiger partial charge in [-0.25, -0.2) is 4.39 Å². The average Bonchev–Trinajstić information content (AvgIpc) is 2.06. The first-order chi connectivity index (χ1) is 6.47. The molecule has 0 aliphatic rings. The van der Waals surface area contributed by atoms with Gasteiger partial charge >= 0.3 is 0 Å². The lowest BCUT2D eigenvalue weighted by atomic mass is 10.1. The van der Waals surface area contributed by atoms with Crippen molar-refractivity contribution in [3.05, 3.63) is 24.3 Å². The summed E-state index contributed by atoms with van der Waals surface area (Å²) in [6.07, 6.45) is 0.497. The largest absolute Gasteiger partial charge is 0.399 e. The molecule has 0 aliphatic heterocycles. The third-order valence-corrected chi connectivity index (χ3v) is 1.96. The molecule has 0 aromatic heterocycles. The van der Waals surface area contributed by atoms with E-state index in [-0.39, 0.29) is 0 Å². The topological polar surface area (TPSA) is 38.0 Å². The Bertz CT molecular complexity index is 274. The van der Waals surface area contributed by atoms with Gasteiger partial charge in [0.2, 0.25) is 0 Å². The van der Waals surface area contributed by atoms with Crippen molar-refractivity contribution in [1.29, 1.82) is 0 Å². The first-order valence-electron chi connectivity index (χ1n) is 4.76. The highest BCUT2D eigenvalue weighted by Gasteiger charge is 2.13. The molecule has 0 radical (unpaired) electrons. The molecule has 2 nitrogen and oxygen atoms in total. The molecule has 0 spiro atoms. The van der Waals surface area contributed by atoms with Crippen LogP contribution >= 0.6 is 0 Å². The van der Waals surface area contributed by atoms with Gasteiger partial charge in [-0.1, -0.05) is 0 Å². The minimum absolute atomic E-state index is 0.497. The zero-order valence-electron chi connectivity index (χ0n) is 8.68. The molecular formula is C11H17FN2. The lowest BCUT2D eigenvalue weighted by Crippen LogP contribution is -2.17. The van der Waals surface area contributed by atoms with E-state index >= 15 is 0 Å². The first kappa shape index (κ1) is 10.8. The Morgan fingerprint density at radius 2 is 1.86 bits per heavy atom. The minimum atomic E-state index is -1.11. The molecule has 1 rings (SSSR count). The van der Waals surface area contributed by atoms with Crippen LogP contribution in [0.15, 0.2) is 24.3 Å². The average molecular weight is 196 g/mol. The van der Waals surface area contributed by atoms with Crippen molar-refractivity contribution in [2.75, 3.05) is 17.6 Å². The van der Waals surface area contributed by atoms with Gasteiger partial charge in [-0.3, -0.25) is 0 Å². The maximum Gasteiger partial charge on any atom is 0.107 e. The highest BCUT2D eigenvalue weighted by atomic mass is 19.1. The monoisotopic (exact) mass is 196 g/mol. The van der Waals surface area contributed by atoms with E-state index in [1.165, 1.54) is 0 Å². The number of nitrogens with two attached hydrogens (primary N) is 1. The summed E-state index contributed by atoms with van der Waals surface area (Å²) in [7, 11) is 0. The molecular weight excluding hydrogens is 179 g/mol. The molecule has 78 valence electrons. The third-order valence-electron chi connectivity index (χ3n) is 1.96. The summed E-state index contributed by atoms with van der Waals surface area (Å²) in [5, 5.41) is 3.13. The quantitative estimate of drug-likeness (QED) is 0.727. The Labute approximate surface area is 84.3 Å². The van der Waals surface area contributed by atoms with Crippen molar-refractivity contribution in [1.82, 2.24) is 0 Å². The molecule has 0 amide bonds. The number of hydrogen-bond donors (Lipinski definition) is 2. The Kier molecular flexibility index (Phi) is 3.33. The van der Waals surface area contributed by atoms with Crippen molar-refractivity contribution in [2.24, 2.45) is 0 Å². The molecule has 1 aromatic carbocycles. The second-order valence-electron chi connectivity index (χ2n) is 4.02. The van der Waals surface area contributed by atoms with Crippen molar-refractivity contribution >= 4 is 11.4 Å². The number of alkyl halides is 1. The number of halogens is 1. The summed E-state index contributed by atoms with van der Waals surface area (Å²) in [5.41, 5.74) is 6.14. The molecule has 0 bridgehead atoms. The van der Waals surface area contributed by atoms with Crippen molar-refractivity contribution in [3.8, 4) is 0 Å². The van der Waals surface area contributed by atoms with Crippen LogP contribution in [0.2, 0.25) is 0 Å². The molecule has 1 aromatic rings. The molecule has 0 aliphatic carbocycles. The van der Waals surface area contributed by atoms with Crippen LogP contribution in [0, 0.1) is 0 Å². The Morgan fingerprint density at radius 1 is 1.29 bits per heavy atom.